The van der Waals surface area contributed by atoms with Gasteiger partial charge in [0, 0.05) is 19.3 Å². The van der Waals surface area contributed by atoms with E-state index in [9.17, 15) is 14.7 Å². The van der Waals surface area contributed by atoms with E-state index in [1.807, 2.05) is 0 Å². The van der Waals surface area contributed by atoms with Crippen molar-refractivity contribution < 1.29 is 14.7 Å². The molecule has 300 valence electrons. The number of aliphatic hydroxyl groups excluding tert-OH is 1. The number of hydrogen-bond donors (Lipinski definition) is 2. The SMILES string of the molecule is CCCCCC=CCC=CCCCCCCCC(=O)CCCCCCCCCCC(=O)N[C@H](CO)CCCCCCCCCCCCCCCC. The Bertz CT molecular complexity index is 775. The van der Waals surface area contributed by atoms with E-state index < -0.39 is 0 Å². The predicted molar refractivity (Wildman–Crippen MR) is 224 cm³/mol. The van der Waals surface area contributed by atoms with Gasteiger partial charge in [-0.1, -0.05) is 199 Å². The van der Waals surface area contributed by atoms with Gasteiger partial charge in [0.05, 0.1) is 12.6 Å². The number of rotatable bonds is 42. The monoisotopic (exact) mass is 716 g/mol. The normalized spacial score (nSPS) is 12.4. The Balaban J connectivity index is 3.45. The summed E-state index contributed by atoms with van der Waals surface area (Å²) in [5.41, 5.74) is 0. The maximum absolute atomic E-state index is 12.4. The number of hydrogen-bond acceptors (Lipinski definition) is 3. The van der Waals surface area contributed by atoms with Gasteiger partial charge in [0.2, 0.25) is 5.91 Å². The highest BCUT2D eigenvalue weighted by atomic mass is 16.3. The first kappa shape index (κ1) is 49.6. The van der Waals surface area contributed by atoms with Crippen LogP contribution < -0.4 is 5.32 Å². The molecular weight excluding hydrogens is 627 g/mol. The Morgan fingerprint density at radius 2 is 0.804 bits per heavy atom. The van der Waals surface area contributed by atoms with Gasteiger partial charge in [-0.3, -0.25) is 9.59 Å². The molecule has 0 saturated heterocycles. The minimum absolute atomic E-state index is 0.0476. The molecule has 0 aliphatic rings. The number of carbonyl (C=O) groups excluding carboxylic acids is 2. The first-order chi connectivity index (χ1) is 25.1. The van der Waals surface area contributed by atoms with Gasteiger partial charge < -0.3 is 10.4 Å². The summed E-state index contributed by atoms with van der Waals surface area (Å²) in [6, 6.07) is -0.0815. The maximum atomic E-state index is 12.4. The van der Waals surface area contributed by atoms with Crippen LogP contribution in [0.25, 0.3) is 0 Å². The molecule has 0 spiro atoms. The lowest BCUT2D eigenvalue weighted by atomic mass is 10.0. The fraction of sp³-hybridized carbons (Fsp3) is 0.872. The van der Waals surface area contributed by atoms with Crippen molar-refractivity contribution in [1.82, 2.24) is 5.32 Å². The lowest BCUT2D eigenvalue weighted by Crippen LogP contribution is -2.37. The smallest absolute Gasteiger partial charge is 0.220 e. The lowest BCUT2D eigenvalue weighted by molar-refractivity contribution is -0.122. The third-order valence-electron chi connectivity index (χ3n) is 10.5. The summed E-state index contributed by atoms with van der Waals surface area (Å²) < 4.78 is 0. The van der Waals surface area contributed by atoms with Crippen LogP contribution in [-0.2, 0) is 9.59 Å². The Kier molecular flexibility index (Phi) is 41.8. The molecule has 2 N–H and O–H groups in total. The van der Waals surface area contributed by atoms with E-state index in [4.69, 9.17) is 0 Å². The second-order valence-corrected chi connectivity index (χ2v) is 15.7. The highest BCUT2D eigenvalue weighted by Gasteiger charge is 2.11. The molecule has 0 aliphatic carbocycles. The van der Waals surface area contributed by atoms with Crippen molar-refractivity contribution >= 4 is 11.7 Å². The van der Waals surface area contributed by atoms with E-state index in [0.717, 1.165) is 64.2 Å². The van der Waals surface area contributed by atoms with Crippen LogP contribution in [0.2, 0.25) is 0 Å². The molecule has 0 aromatic carbocycles. The number of carbonyl (C=O) groups is 2. The van der Waals surface area contributed by atoms with Crippen LogP contribution in [0.3, 0.4) is 0 Å². The van der Waals surface area contributed by atoms with Crippen LogP contribution in [0.5, 0.6) is 0 Å². The number of ketones is 1. The van der Waals surface area contributed by atoms with Crippen molar-refractivity contribution in [2.45, 2.75) is 257 Å². The van der Waals surface area contributed by atoms with Gasteiger partial charge in [-0.15, -0.1) is 0 Å². The molecule has 0 heterocycles. The molecule has 0 aromatic rings. The van der Waals surface area contributed by atoms with E-state index in [2.05, 4.69) is 43.5 Å². The second kappa shape index (κ2) is 43.0. The van der Waals surface area contributed by atoms with Crippen molar-refractivity contribution in [2.75, 3.05) is 6.61 Å². The molecule has 0 saturated carbocycles. The molecule has 51 heavy (non-hydrogen) atoms. The van der Waals surface area contributed by atoms with E-state index in [0.29, 0.717) is 12.2 Å². The Morgan fingerprint density at radius 3 is 1.25 bits per heavy atom. The maximum Gasteiger partial charge on any atom is 0.220 e. The van der Waals surface area contributed by atoms with Crippen molar-refractivity contribution in [3.05, 3.63) is 24.3 Å². The van der Waals surface area contributed by atoms with Gasteiger partial charge in [-0.25, -0.2) is 0 Å². The number of allylic oxidation sites excluding steroid dienone is 4. The Morgan fingerprint density at radius 1 is 0.451 bits per heavy atom. The van der Waals surface area contributed by atoms with Crippen molar-refractivity contribution in [2.24, 2.45) is 0 Å². The fourth-order valence-electron chi connectivity index (χ4n) is 7.02. The first-order valence-electron chi connectivity index (χ1n) is 22.9. The zero-order chi connectivity index (χ0) is 37.1. The number of unbranched alkanes of at least 4 members (excludes halogenated alkanes) is 28. The zero-order valence-electron chi connectivity index (χ0n) is 34.5. The van der Waals surface area contributed by atoms with Gasteiger partial charge in [-0.05, 0) is 57.8 Å². The second-order valence-electron chi connectivity index (χ2n) is 15.7. The molecule has 4 heteroatoms. The van der Waals surface area contributed by atoms with Crippen molar-refractivity contribution in [3.8, 4) is 0 Å². The summed E-state index contributed by atoms with van der Waals surface area (Å²) in [5, 5.41) is 12.8. The number of nitrogens with one attached hydrogen (secondary N) is 1. The van der Waals surface area contributed by atoms with Gasteiger partial charge in [-0.2, -0.15) is 0 Å². The standard InChI is InChI=1S/C47H89NO3/c1-3-5-7-9-11-13-15-17-19-21-23-25-29-33-37-41-46(50)42-38-34-30-26-27-31-35-39-43-47(51)48-45(44-49)40-36-32-28-24-22-20-18-16-14-12-10-8-6-4-2/h11,13,17,19,45,49H,3-10,12,14-16,18,20-44H2,1-2H3,(H,48,51)/t45-/m0/s1. The van der Waals surface area contributed by atoms with Crippen LogP contribution in [0.1, 0.15) is 251 Å². The van der Waals surface area contributed by atoms with E-state index in [1.165, 1.54) is 167 Å². The summed E-state index contributed by atoms with van der Waals surface area (Å²) in [5.74, 6) is 0.561. The number of aliphatic hydroxyl groups is 1. The van der Waals surface area contributed by atoms with Gasteiger partial charge in [0.1, 0.15) is 5.78 Å². The van der Waals surface area contributed by atoms with Crippen LogP contribution in [0.15, 0.2) is 24.3 Å². The van der Waals surface area contributed by atoms with Gasteiger partial charge in [0.15, 0.2) is 0 Å². The Hall–Kier alpha value is -1.42. The minimum Gasteiger partial charge on any atom is -0.394 e. The first-order valence-corrected chi connectivity index (χ1v) is 22.9. The third-order valence-corrected chi connectivity index (χ3v) is 10.5. The molecule has 1 atom stereocenters. The molecule has 0 unspecified atom stereocenters. The average Bonchev–Trinajstić information content (AvgIpc) is 3.13. The van der Waals surface area contributed by atoms with Crippen molar-refractivity contribution in [3.63, 3.8) is 0 Å². The zero-order valence-corrected chi connectivity index (χ0v) is 34.5. The third kappa shape index (κ3) is 41.2. The summed E-state index contributed by atoms with van der Waals surface area (Å²) in [4.78, 5) is 24.6. The summed E-state index contributed by atoms with van der Waals surface area (Å²) >= 11 is 0. The summed E-state index contributed by atoms with van der Waals surface area (Å²) in [6.07, 6.45) is 53.7. The van der Waals surface area contributed by atoms with Crippen molar-refractivity contribution in [1.29, 1.82) is 0 Å². The number of amides is 1. The average molecular weight is 716 g/mol. The molecular formula is C47H89NO3. The molecule has 1 amide bonds. The Labute approximate surface area is 319 Å². The molecule has 4 nitrogen and oxygen atoms in total. The summed E-state index contributed by atoms with van der Waals surface area (Å²) in [6.45, 7) is 4.58. The largest absolute Gasteiger partial charge is 0.394 e. The lowest BCUT2D eigenvalue weighted by Gasteiger charge is -2.16. The van der Waals surface area contributed by atoms with Gasteiger partial charge in [0.25, 0.3) is 0 Å². The molecule has 0 aromatic heterocycles. The molecule has 0 radical (unpaired) electrons. The number of Topliss-reactive ketones (excluding diaryl/α,β-unsaturated/α-hetero) is 1. The van der Waals surface area contributed by atoms with E-state index >= 15 is 0 Å². The fourth-order valence-corrected chi connectivity index (χ4v) is 7.02. The molecule has 0 bridgehead atoms. The minimum atomic E-state index is -0.0815. The highest BCUT2D eigenvalue weighted by molar-refractivity contribution is 5.78. The van der Waals surface area contributed by atoms with Crippen LogP contribution in [0.4, 0.5) is 0 Å². The van der Waals surface area contributed by atoms with E-state index in [-0.39, 0.29) is 18.6 Å². The quantitative estimate of drug-likeness (QED) is 0.0488. The summed E-state index contributed by atoms with van der Waals surface area (Å²) in [7, 11) is 0. The highest BCUT2D eigenvalue weighted by Crippen LogP contribution is 2.15. The molecule has 0 aliphatic heterocycles. The molecule has 0 rings (SSSR count). The predicted octanol–water partition coefficient (Wildman–Crippen LogP) is 14.6. The van der Waals surface area contributed by atoms with Crippen LogP contribution >= 0.6 is 0 Å². The van der Waals surface area contributed by atoms with Crippen LogP contribution in [0, 0.1) is 0 Å². The molecule has 0 fully saturated rings. The van der Waals surface area contributed by atoms with Crippen LogP contribution in [-0.4, -0.2) is 29.4 Å². The van der Waals surface area contributed by atoms with Gasteiger partial charge >= 0.3 is 0 Å². The van der Waals surface area contributed by atoms with E-state index in [1.54, 1.807) is 0 Å². The topological polar surface area (TPSA) is 66.4 Å².